The first kappa shape index (κ1) is 11.9. The highest BCUT2D eigenvalue weighted by molar-refractivity contribution is 5.97. The summed E-state index contributed by atoms with van der Waals surface area (Å²) in [6.07, 6.45) is 0.756. The third-order valence-electron chi connectivity index (χ3n) is 2.55. The molecule has 1 rings (SSSR count). The molecule has 2 nitrogen and oxygen atoms in total. The van der Waals surface area contributed by atoms with Gasteiger partial charge in [-0.15, -0.1) is 0 Å². The molecule has 82 valence electrons. The number of ketones is 1. The van der Waals surface area contributed by atoms with E-state index in [0.29, 0.717) is 6.54 Å². The molecule has 0 aromatic heterocycles. The molecular formula is C13H19NO. The van der Waals surface area contributed by atoms with Crippen LogP contribution in [0.2, 0.25) is 0 Å². The van der Waals surface area contributed by atoms with Gasteiger partial charge in [0.05, 0.1) is 0 Å². The monoisotopic (exact) mass is 205 g/mol. The Bertz CT molecular complexity index is 337. The van der Waals surface area contributed by atoms with Crippen LogP contribution in [0.5, 0.6) is 0 Å². The molecule has 1 unspecified atom stereocenters. The Morgan fingerprint density at radius 1 is 1.27 bits per heavy atom. The second kappa shape index (κ2) is 5.08. The molecule has 1 atom stereocenters. The van der Waals surface area contributed by atoms with Gasteiger partial charge in [-0.2, -0.15) is 0 Å². The zero-order chi connectivity index (χ0) is 11.4. The Morgan fingerprint density at radius 2 is 1.80 bits per heavy atom. The maximum absolute atomic E-state index is 12.0. The molecule has 0 amide bonds. The van der Waals surface area contributed by atoms with Crippen molar-refractivity contribution < 1.29 is 4.79 Å². The molecule has 0 aliphatic heterocycles. The standard InChI is InChI=1S/C13H19NO/c1-9-6-10(2)8-12(7-9)13(15)11(3)4-5-14/h6-8,11H,4-5,14H2,1-3H3. The van der Waals surface area contributed by atoms with E-state index in [-0.39, 0.29) is 11.7 Å². The van der Waals surface area contributed by atoms with Crippen LogP contribution < -0.4 is 5.73 Å². The van der Waals surface area contributed by atoms with E-state index >= 15 is 0 Å². The zero-order valence-electron chi connectivity index (χ0n) is 9.71. The lowest BCUT2D eigenvalue weighted by atomic mass is 9.94. The molecule has 1 aromatic carbocycles. The van der Waals surface area contributed by atoms with E-state index in [1.807, 2.05) is 32.9 Å². The Hall–Kier alpha value is -1.15. The third kappa shape index (κ3) is 3.17. The average molecular weight is 205 g/mol. The lowest BCUT2D eigenvalue weighted by Gasteiger charge is -2.10. The van der Waals surface area contributed by atoms with Gasteiger partial charge in [-0.05, 0) is 38.9 Å². The van der Waals surface area contributed by atoms with E-state index in [1.54, 1.807) is 0 Å². The largest absolute Gasteiger partial charge is 0.330 e. The van der Waals surface area contributed by atoms with Crippen molar-refractivity contribution in [2.24, 2.45) is 11.7 Å². The molecule has 0 radical (unpaired) electrons. The molecule has 0 saturated heterocycles. The minimum Gasteiger partial charge on any atom is -0.330 e. The van der Waals surface area contributed by atoms with E-state index in [0.717, 1.165) is 23.1 Å². The van der Waals surface area contributed by atoms with Crippen molar-refractivity contribution in [3.05, 3.63) is 34.9 Å². The predicted molar refractivity (Wildman–Crippen MR) is 63.1 cm³/mol. The van der Waals surface area contributed by atoms with E-state index in [2.05, 4.69) is 6.07 Å². The van der Waals surface area contributed by atoms with Gasteiger partial charge in [0.1, 0.15) is 0 Å². The van der Waals surface area contributed by atoms with Gasteiger partial charge < -0.3 is 5.73 Å². The van der Waals surface area contributed by atoms with Crippen LogP contribution in [0, 0.1) is 19.8 Å². The number of Topliss-reactive ketones (excluding diaryl/α,β-unsaturated/α-hetero) is 1. The summed E-state index contributed by atoms with van der Waals surface area (Å²) in [4.78, 5) is 12.0. The fourth-order valence-electron chi connectivity index (χ4n) is 1.78. The van der Waals surface area contributed by atoms with Gasteiger partial charge in [-0.3, -0.25) is 4.79 Å². The molecule has 2 N–H and O–H groups in total. The van der Waals surface area contributed by atoms with Crippen LogP contribution in [0.15, 0.2) is 18.2 Å². The number of nitrogens with two attached hydrogens (primary N) is 1. The van der Waals surface area contributed by atoms with Gasteiger partial charge in [0.2, 0.25) is 0 Å². The molecule has 0 bridgehead atoms. The molecule has 1 aromatic rings. The molecule has 0 spiro atoms. The number of aryl methyl sites for hydroxylation is 2. The summed E-state index contributed by atoms with van der Waals surface area (Å²) in [5.41, 5.74) is 8.54. The van der Waals surface area contributed by atoms with E-state index in [4.69, 9.17) is 5.73 Å². The van der Waals surface area contributed by atoms with Crippen LogP contribution in [0.4, 0.5) is 0 Å². The van der Waals surface area contributed by atoms with Gasteiger partial charge in [0.25, 0.3) is 0 Å². The van der Waals surface area contributed by atoms with Gasteiger partial charge in [0, 0.05) is 11.5 Å². The van der Waals surface area contributed by atoms with E-state index in [9.17, 15) is 4.79 Å². The SMILES string of the molecule is Cc1cc(C)cc(C(=O)C(C)CCN)c1. The Balaban J connectivity index is 2.90. The molecule has 15 heavy (non-hydrogen) atoms. The van der Waals surface area contributed by atoms with Gasteiger partial charge >= 0.3 is 0 Å². The smallest absolute Gasteiger partial charge is 0.165 e. The van der Waals surface area contributed by atoms with Crippen molar-refractivity contribution in [1.29, 1.82) is 0 Å². The summed E-state index contributed by atoms with van der Waals surface area (Å²) in [5.74, 6) is 0.225. The van der Waals surface area contributed by atoms with Crippen LogP contribution in [-0.2, 0) is 0 Å². The minimum absolute atomic E-state index is 0.0243. The zero-order valence-corrected chi connectivity index (χ0v) is 9.71. The highest BCUT2D eigenvalue weighted by Crippen LogP contribution is 2.15. The van der Waals surface area contributed by atoms with Crippen LogP contribution in [0.1, 0.15) is 34.8 Å². The predicted octanol–water partition coefficient (Wildman–Crippen LogP) is 2.47. The Labute approximate surface area is 91.5 Å². The van der Waals surface area contributed by atoms with Crippen molar-refractivity contribution in [1.82, 2.24) is 0 Å². The fourth-order valence-corrected chi connectivity index (χ4v) is 1.78. The summed E-state index contributed by atoms with van der Waals surface area (Å²) in [6, 6.07) is 5.97. The van der Waals surface area contributed by atoms with Gasteiger partial charge in [-0.1, -0.05) is 24.1 Å². The third-order valence-corrected chi connectivity index (χ3v) is 2.55. The first-order valence-corrected chi connectivity index (χ1v) is 5.37. The van der Waals surface area contributed by atoms with Gasteiger partial charge in [0.15, 0.2) is 5.78 Å². The topological polar surface area (TPSA) is 43.1 Å². The average Bonchev–Trinajstić information content (AvgIpc) is 2.15. The maximum Gasteiger partial charge on any atom is 0.165 e. The molecule has 0 fully saturated rings. The van der Waals surface area contributed by atoms with Crippen LogP contribution in [-0.4, -0.2) is 12.3 Å². The molecule has 0 aliphatic rings. The molecule has 0 heterocycles. The second-order valence-electron chi connectivity index (χ2n) is 4.22. The van der Waals surface area contributed by atoms with Crippen LogP contribution >= 0.6 is 0 Å². The maximum atomic E-state index is 12.0. The van der Waals surface area contributed by atoms with Crippen molar-refractivity contribution >= 4 is 5.78 Å². The first-order chi connectivity index (χ1) is 7.04. The quantitative estimate of drug-likeness (QED) is 0.767. The van der Waals surface area contributed by atoms with Crippen LogP contribution in [0.25, 0.3) is 0 Å². The van der Waals surface area contributed by atoms with Gasteiger partial charge in [-0.25, -0.2) is 0 Å². The van der Waals surface area contributed by atoms with Crippen molar-refractivity contribution in [2.45, 2.75) is 27.2 Å². The summed E-state index contributed by atoms with van der Waals surface area (Å²) in [6.45, 7) is 6.53. The number of rotatable bonds is 4. The lowest BCUT2D eigenvalue weighted by Crippen LogP contribution is -2.15. The highest BCUT2D eigenvalue weighted by Gasteiger charge is 2.14. The molecule has 2 heteroatoms. The molecule has 0 aliphatic carbocycles. The Kier molecular flexibility index (Phi) is 4.04. The van der Waals surface area contributed by atoms with Crippen molar-refractivity contribution in [3.8, 4) is 0 Å². The minimum atomic E-state index is 0.0243. The number of benzene rings is 1. The Morgan fingerprint density at radius 3 is 2.27 bits per heavy atom. The number of carbonyl (C=O) groups excluding carboxylic acids is 1. The summed E-state index contributed by atoms with van der Waals surface area (Å²) >= 11 is 0. The molecular weight excluding hydrogens is 186 g/mol. The van der Waals surface area contributed by atoms with Crippen molar-refractivity contribution in [3.63, 3.8) is 0 Å². The van der Waals surface area contributed by atoms with E-state index in [1.165, 1.54) is 0 Å². The molecule has 0 saturated carbocycles. The van der Waals surface area contributed by atoms with Crippen molar-refractivity contribution in [2.75, 3.05) is 6.54 Å². The van der Waals surface area contributed by atoms with E-state index < -0.39 is 0 Å². The normalized spacial score (nSPS) is 12.5. The first-order valence-electron chi connectivity index (χ1n) is 5.37. The fraction of sp³-hybridized carbons (Fsp3) is 0.462. The highest BCUT2D eigenvalue weighted by atomic mass is 16.1. The number of carbonyl (C=O) groups is 1. The summed E-state index contributed by atoms with van der Waals surface area (Å²) in [7, 11) is 0. The summed E-state index contributed by atoms with van der Waals surface area (Å²) in [5, 5.41) is 0. The number of hydrogen-bond acceptors (Lipinski definition) is 2. The summed E-state index contributed by atoms with van der Waals surface area (Å²) < 4.78 is 0. The lowest BCUT2D eigenvalue weighted by molar-refractivity contribution is 0.0925. The second-order valence-corrected chi connectivity index (χ2v) is 4.22. The number of hydrogen-bond donors (Lipinski definition) is 1. The van der Waals surface area contributed by atoms with Crippen LogP contribution in [0.3, 0.4) is 0 Å².